The van der Waals surface area contributed by atoms with E-state index in [0.29, 0.717) is 19.0 Å². The molecule has 1 aromatic heterocycles. The predicted octanol–water partition coefficient (Wildman–Crippen LogP) is 1.54. The summed E-state index contributed by atoms with van der Waals surface area (Å²) in [6, 6.07) is 3.59. The molecule has 12 heavy (non-hydrogen) atoms. The van der Waals surface area contributed by atoms with Crippen molar-refractivity contribution in [1.82, 2.24) is 0 Å². The van der Waals surface area contributed by atoms with Gasteiger partial charge < -0.3 is 9.15 Å². The van der Waals surface area contributed by atoms with Gasteiger partial charge in [-0.15, -0.1) is 0 Å². The standard InChI is InChI=1S/C8H9NO3/c1-6-2-3-7(12-6)9-4-5-11-8(9)10/h2-3H,4-5H2,1H3. The largest absolute Gasteiger partial charge is 0.447 e. The molecule has 1 aliphatic rings. The molecule has 2 rings (SSSR count). The van der Waals surface area contributed by atoms with Gasteiger partial charge in [0, 0.05) is 6.07 Å². The van der Waals surface area contributed by atoms with Crippen LogP contribution in [0.1, 0.15) is 5.76 Å². The van der Waals surface area contributed by atoms with Gasteiger partial charge in [-0.1, -0.05) is 0 Å². The van der Waals surface area contributed by atoms with Gasteiger partial charge in [0.15, 0.2) is 0 Å². The van der Waals surface area contributed by atoms with Gasteiger partial charge in [-0.25, -0.2) is 9.69 Å². The topological polar surface area (TPSA) is 42.7 Å². The van der Waals surface area contributed by atoms with Crippen LogP contribution in [0.4, 0.5) is 10.7 Å². The van der Waals surface area contributed by atoms with E-state index < -0.39 is 0 Å². The van der Waals surface area contributed by atoms with Gasteiger partial charge in [0.2, 0.25) is 5.88 Å². The first kappa shape index (κ1) is 7.21. The van der Waals surface area contributed by atoms with Crippen molar-refractivity contribution < 1.29 is 13.9 Å². The highest BCUT2D eigenvalue weighted by Crippen LogP contribution is 2.20. The second-order valence-electron chi connectivity index (χ2n) is 2.65. The highest BCUT2D eigenvalue weighted by molar-refractivity contribution is 5.87. The van der Waals surface area contributed by atoms with E-state index in [1.807, 2.05) is 13.0 Å². The van der Waals surface area contributed by atoms with Crippen molar-refractivity contribution in [3.8, 4) is 0 Å². The van der Waals surface area contributed by atoms with Crippen molar-refractivity contribution in [1.29, 1.82) is 0 Å². The summed E-state index contributed by atoms with van der Waals surface area (Å²) >= 11 is 0. The summed E-state index contributed by atoms with van der Waals surface area (Å²) in [6.45, 7) is 2.86. The number of cyclic esters (lactones) is 1. The molecule has 4 nitrogen and oxygen atoms in total. The Balaban J connectivity index is 2.24. The van der Waals surface area contributed by atoms with Crippen molar-refractivity contribution in [3.63, 3.8) is 0 Å². The third-order valence-corrected chi connectivity index (χ3v) is 1.75. The van der Waals surface area contributed by atoms with Crippen LogP contribution >= 0.6 is 0 Å². The minimum atomic E-state index is -0.329. The Bertz CT molecular complexity index is 305. The number of amides is 1. The van der Waals surface area contributed by atoms with Crippen LogP contribution in [0, 0.1) is 6.92 Å². The van der Waals surface area contributed by atoms with Crippen LogP contribution in [0.3, 0.4) is 0 Å². The Morgan fingerprint density at radius 2 is 2.33 bits per heavy atom. The van der Waals surface area contributed by atoms with Crippen molar-refractivity contribution in [2.24, 2.45) is 0 Å². The normalized spacial score (nSPS) is 16.8. The lowest BCUT2D eigenvalue weighted by Crippen LogP contribution is -2.22. The molecule has 4 heteroatoms. The van der Waals surface area contributed by atoms with Crippen LogP contribution in [0.2, 0.25) is 0 Å². The number of anilines is 1. The van der Waals surface area contributed by atoms with Gasteiger partial charge in [0.25, 0.3) is 0 Å². The molecule has 0 spiro atoms. The van der Waals surface area contributed by atoms with Gasteiger partial charge in [0.05, 0.1) is 6.54 Å². The molecule has 1 aliphatic heterocycles. The zero-order valence-electron chi connectivity index (χ0n) is 6.74. The van der Waals surface area contributed by atoms with Crippen molar-refractivity contribution in [2.75, 3.05) is 18.1 Å². The van der Waals surface area contributed by atoms with Gasteiger partial charge >= 0.3 is 6.09 Å². The quantitative estimate of drug-likeness (QED) is 0.637. The lowest BCUT2D eigenvalue weighted by Gasteiger charge is -2.06. The number of nitrogens with zero attached hydrogens (tertiary/aromatic N) is 1. The Kier molecular flexibility index (Phi) is 1.53. The highest BCUT2D eigenvalue weighted by atomic mass is 16.6. The molecule has 0 saturated carbocycles. The number of hydrogen-bond donors (Lipinski definition) is 0. The third-order valence-electron chi connectivity index (χ3n) is 1.75. The SMILES string of the molecule is Cc1ccc(N2CCOC2=O)o1. The van der Waals surface area contributed by atoms with E-state index >= 15 is 0 Å². The fraction of sp³-hybridized carbons (Fsp3) is 0.375. The lowest BCUT2D eigenvalue weighted by atomic mass is 10.5. The number of carbonyl (C=O) groups excluding carboxylic acids is 1. The number of furan rings is 1. The molecule has 0 N–H and O–H groups in total. The first-order valence-corrected chi connectivity index (χ1v) is 3.78. The van der Waals surface area contributed by atoms with Gasteiger partial charge in [-0.3, -0.25) is 0 Å². The molecular formula is C8H9NO3. The molecule has 0 atom stereocenters. The molecular weight excluding hydrogens is 158 g/mol. The van der Waals surface area contributed by atoms with E-state index in [1.165, 1.54) is 4.90 Å². The Hall–Kier alpha value is -1.45. The van der Waals surface area contributed by atoms with Crippen molar-refractivity contribution in [2.45, 2.75) is 6.92 Å². The number of aryl methyl sites for hydroxylation is 1. The first-order valence-electron chi connectivity index (χ1n) is 3.78. The van der Waals surface area contributed by atoms with Crippen LogP contribution < -0.4 is 4.90 Å². The Labute approximate surface area is 69.7 Å². The number of ether oxygens (including phenoxy) is 1. The molecule has 0 aliphatic carbocycles. The molecule has 1 amide bonds. The molecule has 64 valence electrons. The van der Waals surface area contributed by atoms with E-state index in [1.54, 1.807) is 6.07 Å². The minimum Gasteiger partial charge on any atom is -0.447 e. The van der Waals surface area contributed by atoms with Crippen LogP contribution in [0.5, 0.6) is 0 Å². The van der Waals surface area contributed by atoms with Crippen molar-refractivity contribution >= 4 is 12.0 Å². The summed E-state index contributed by atoms with van der Waals surface area (Å²) < 4.78 is 10.0. The van der Waals surface area contributed by atoms with Crippen LogP contribution in [0.25, 0.3) is 0 Å². The molecule has 0 aromatic carbocycles. The van der Waals surface area contributed by atoms with E-state index in [0.717, 1.165) is 5.76 Å². The average molecular weight is 167 g/mol. The average Bonchev–Trinajstić information content (AvgIpc) is 2.58. The molecule has 0 unspecified atom stereocenters. The fourth-order valence-corrected chi connectivity index (χ4v) is 1.16. The lowest BCUT2D eigenvalue weighted by molar-refractivity contribution is 0.180. The molecule has 1 aromatic rings. The van der Waals surface area contributed by atoms with Gasteiger partial charge in [-0.2, -0.15) is 0 Å². The van der Waals surface area contributed by atoms with E-state index in [-0.39, 0.29) is 6.09 Å². The molecule has 0 radical (unpaired) electrons. The Morgan fingerprint density at radius 1 is 1.50 bits per heavy atom. The summed E-state index contributed by atoms with van der Waals surface area (Å²) in [4.78, 5) is 12.5. The number of hydrogen-bond acceptors (Lipinski definition) is 3. The zero-order chi connectivity index (χ0) is 8.55. The molecule has 1 saturated heterocycles. The second-order valence-corrected chi connectivity index (χ2v) is 2.65. The van der Waals surface area contributed by atoms with Gasteiger partial charge in [-0.05, 0) is 13.0 Å². The first-order chi connectivity index (χ1) is 5.77. The van der Waals surface area contributed by atoms with E-state index in [9.17, 15) is 4.79 Å². The minimum absolute atomic E-state index is 0.329. The highest BCUT2D eigenvalue weighted by Gasteiger charge is 2.25. The maximum Gasteiger partial charge on any atom is 0.416 e. The van der Waals surface area contributed by atoms with Gasteiger partial charge in [0.1, 0.15) is 12.4 Å². The number of rotatable bonds is 1. The smallest absolute Gasteiger partial charge is 0.416 e. The number of carbonyl (C=O) groups is 1. The predicted molar refractivity (Wildman–Crippen MR) is 42.1 cm³/mol. The van der Waals surface area contributed by atoms with E-state index in [4.69, 9.17) is 9.15 Å². The summed E-state index contributed by atoms with van der Waals surface area (Å²) in [5.74, 6) is 1.36. The molecule has 2 heterocycles. The summed E-state index contributed by atoms with van der Waals surface area (Å²) in [5, 5.41) is 0. The summed E-state index contributed by atoms with van der Waals surface area (Å²) in [5.41, 5.74) is 0. The van der Waals surface area contributed by atoms with Crippen LogP contribution in [0.15, 0.2) is 16.5 Å². The monoisotopic (exact) mass is 167 g/mol. The molecule has 0 bridgehead atoms. The fourth-order valence-electron chi connectivity index (χ4n) is 1.16. The second kappa shape index (κ2) is 2.55. The maximum atomic E-state index is 11.0. The summed E-state index contributed by atoms with van der Waals surface area (Å²) in [6.07, 6.45) is -0.329. The Morgan fingerprint density at radius 3 is 2.83 bits per heavy atom. The van der Waals surface area contributed by atoms with E-state index in [2.05, 4.69) is 0 Å². The zero-order valence-corrected chi connectivity index (χ0v) is 6.74. The maximum absolute atomic E-state index is 11.0. The van der Waals surface area contributed by atoms with Crippen LogP contribution in [-0.2, 0) is 4.74 Å². The van der Waals surface area contributed by atoms with Crippen molar-refractivity contribution in [3.05, 3.63) is 17.9 Å². The summed E-state index contributed by atoms with van der Waals surface area (Å²) in [7, 11) is 0. The molecule has 1 fully saturated rings. The third kappa shape index (κ3) is 1.05. The van der Waals surface area contributed by atoms with Crippen LogP contribution in [-0.4, -0.2) is 19.2 Å².